The normalized spacial score (nSPS) is 10.6. The molecule has 0 radical (unpaired) electrons. The van der Waals surface area contributed by atoms with Crippen LogP contribution in [0.2, 0.25) is 0 Å². The predicted octanol–water partition coefficient (Wildman–Crippen LogP) is 2.70. The highest BCUT2D eigenvalue weighted by Crippen LogP contribution is 2.19. The third-order valence-electron chi connectivity index (χ3n) is 2.77. The van der Waals surface area contributed by atoms with E-state index in [1.807, 2.05) is 30.9 Å². The van der Waals surface area contributed by atoms with Gasteiger partial charge >= 0.3 is 0 Å². The lowest BCUT2D eigenvalue weighted by molar-refractivity contribution is 0.0746. The van der Waals surface area contributed by atoms with E-state index in [1.165, 1.54) is 0 Å². The largest absolute Gasteiger partial charge is 0.398 e. The maximum atomic E-state index is 12.4. The van der Waals surface area contributed by atoms with Gasteiger partial charge in [0.15, 0.2) is 0 Å². The van der Waals surface area contributed by atoms with Gasteiger partial charge in [-0.15, -0.1) is 0 Å². The van der Waals surface area contributed by atoms with Crippen LogP contribution in [0.3, 0.4) is 0 Å². The zero-order valence-corrected chi connectivity index (χ0v) is 11.2. The van der Waals surface area contributed by atoms with E-state index < -0.39 is 0 Å². The Balaban J connectivity index is 3.02. The van der Waals surface area contributed by atoms with E-state index in [9.17, 15) is 4.79 Å². The van der Waals surface area contributed by atoms with Crippen molar-refractivity contribution in [2.45, 2.75) is 27.7 Å². The zero-order chi connectivity index (χ0) is 13.0. The van der Waals surface area contributed by atoms with Crippen LogP contribution in [0.25, 0.3) is 0 Å². The van der Waals surface area contributed by atoms with Gasteiger partial charge < -0.3 is 10.6 Å². The first-order valence-corrected chi connectivity index (χ1v) is 6.11. The van der Waals surface area contributed by atoms with E-state index in [1.54, 1.807) is 6.07 Å². The number of amides is 1. The zero-order valence-electron chi connectivity index (χ0n) is 11.2. The summed E-state index contributed by atoms with van der Waals surface area (Å²) in [6, 6.07) is 5.58. The van der Waals surface area contributed by atoms with Gasteiger partial charge in [-0.05, 0) is 31.4 Å². The van der Waals surface area contributed by atoms with Gasteiger partial charge in [0.05, 0.1) is 5.56 Å². The van der Waals surface area contributed by atoms with Gasteiger partial charge in [0, 0.05) is 18.8 Å². The van der Waals surface area contributed by atoms with Crippen LogP contribution < -0.4 is 5.73 Å². The molecule has 3 nitrogen and oxygen atoms in total. The SMILES string of the molecule is CCN(CC(C)C)C(=O)c1c(C)cccc1N. The van der Waals surface area contributed by atoms with Crippen molar-refractivity contribution in [2.75, 3.05) is 18.8 Å². The number of nitrogens with zero attached hydrogens (tertiary/aromatic N) is 1. The summed E-state index contributed by atoms with van der Waals surface area (Å²) in [4.78, 5) is 14.2. The van der Waals surface area contributed by atoms with Crippen LogP contribution in [-0.2, 0) is 0 Å². The van der Waals surface area contributed by atoms with Crippen molar-refractivity contribution >= 4 is 11.6 Å². The van der Waals surface area contributed by atoms with Crippen molar-refractivity contribution in [1.29, 1.82) is 0 Å². The minimum atomic E-state index is 0.0387. The molecule has 0 saturated heterocycles. The first-order chi connectivity index (χ1) is 7.97. The van der Waals surface area contributed by atoms with Crippen molar-refractivity contribution in [3.63, 3.8) is 0 Å². The fourth-order valence-electron chi connectivity index (χ4n) is 1.94. The Kier molecular flexibility index (Phi) is 4.55. The summed E-state index contributed by atoms with van der Waals surface area (Å²) in [5.74, 6) is 0.501. The molecule has 0 aromatic heterocycles. The molecule has 0 aliphatic rings. The molecule has 0 bridgehead atoms. The first kappa shape index (κ1) is 13.6. The molecule has 1 amide bonds. The van der Waals surface area contributed by atoms with Crippen LogP contribution in [-0.4, -0.2) is 23.9 Å². The second kappa shape index (κ2) is 5.71. The third-order valence-corrected chi connectivity index (χ3v) is 2.77. The summed E-state index contributed by atoms with van der Waals surface area (Å²) in [5, 5.41) is 0. The van der Waals surface area contributed by atoms with E-state index in [2.05, 4.69) is 13.8 Å². The number of carbonyl (C=O) groups is 1. The van der Waals surface area contributed by atoms with E-state index in [-0.39, 0.29) is 5.91 Å². The molecule has 0 fully saturated rings. The van der Waals surface area contributed by atoms with Crippen LogP contribution in [0.4, 0.5) is 5.69 Å². The maximum Gasteiger partial charge on any atom is 0.256 e. The maximum absolute atomic E-state index is 12.4. The lowest BCUT2D eigenvalue weighted by atomic mass is 10.0. The molecule has 0 aliphatic carbocycles. The van der Waals surface area contributed by atoms with Gasteiger partial charge in [0.2, 0.25) is 0 Å². The lowest BCUT2D eigenvalue weighted by Gasteiger charge is -2.24. The van der Waals surface area contributed by atoms with E-state index in [0.29, 0.717) is 23.7 Å². The highest BCUT2D eigenvalue weighted by Gasteiger charge is 2.19. The standard InChI is InChI=1S/C14H22N2O/c1-5-16(9-10(2)3)14(17)13-11(4)7-6-8-12(13)15/h6-8,10H,5,9,15H2,1-4H3. The number of carbonyl (C=O) groups excluding carboxylic acids is 1. The molecule has 2 N–H and O–H groups in total. The number of anilines is 1. The van der Waals surface area contributed by atoms with Crippen molar-refractivity contribution in [2.24, 2.45) is 5.92 Å². The number of nitrogens with two attached hydrogens (primary N) is 1. The van der Waals surface area contributed by atoms with E-state index in [4.69, 9.17) is 5.73 Å². The fraction of sp³-hybridized carbons (Fsp3) is 0.500. The molecule has 1 aromatic carbocycles. The number of nitrogen functional groups attached to an aromatic ring is 1. The third kappa shape index (κ3) is 3.22. The number of rotatable bonds is 4. The summed E-state index contributed by atoms with van der Waals surface area (Å²) < 4.78 is 0. The Morgan fingerprint density at radius 1 is 1.41 bits per heavy atom. The van der Waals surface area contributed by atoms with Gasteiger partial charge in [-0.3, -0.25) is 4.79 Å². The number of aryl methyl sites for hydroxylation is 1. The minimum Gasteiger partial charge on any atom is -0.398 e. The Labute approximate surface area is 104 Å². The van der Waals surface area contributed by atoms with Crippen LogP contribution in [0.1, 0.15) is 36.7 Å². The van der Waals surface area contributed by atoms with Gasteiger partial charge in [0.25, 0.3) is 5.91 Å². The summed E-state index contributed by atoms with van der Waals surface area (Å²) in [7, 11) is 0. The van der Waals surface area contributed by atoms with Crippen molar-refractivity contribution in [3.8, 4) is 0 Å². The van der Waals surface area contributed by atoms with Crippen molar-refractivity contribution in [3.05, 3.63) is 29.3 Å². The van der Waals surface area contributed by atoms with Crippen LogP contribution in [0.5, 0.6) is 0 Å². The molecule has 94 valence electrons. The molecule has 0 atom stereocenters. The second-order valence-electron chi connectivity index (χ2n) is 4.78. The predicted molar refractivity (Wildman–Crippen MR) is 72.0 cm³/mol. The Bertz CT molecular complexity index is 379. The minimum absolute atomic E-state index is 0.0387. The van der Waals surface area contributed by atoms with Gasteiger partial charge in [0.1, 0.15) is 0 Å². The highest BCUT2D eigenvalue weighted by molar-refractivity contribution is 6.00. The van der Waals surface area contributed by atoms with Gasteiger partial charge in [-0.25, -0.2) is 0 Å². The Hall–Kier alpha value is -1.51. The highest BCUT2D eigenvalue weighted by atomic mass is 16.2. The van der Waals surface area contributed by atoms with Gasteiger partial charge in [-0.1, -0.05) is 26.0 Å². The first-order valence-electron chi connectivity index (χ1n) is 6.11. The average molecular weight is 234 g/mol. The molecule has 0 unspecified atom stereocenters. The number of hydrogen-bond acceptors (Lipinski definition) is 2. The second-order valence-corrected chi connectivity index (χ2v) is 4.78. The van der Waals surface area contributed by atoms with Crippen molar-refractivity contribution in [1.82, 2.24) is 4.90 Å². The number of benzene rings is 1. The summed E-state index contributed by atoms with van der Waals surface area (Å²) in [6.07, 6.45) is 0. The van der Waals surface area contributed by atoms with E-state index >= 15 is 0 Å². The molecule has 0 saturated carbocycles. The smallest absolute Gasteiger partial charge is 0.256 e. The molecule has 17 heavy (non-hydrogen) atoms. The summed E-state index contributed by atoms with van der Waals surface area (Å²) >= 11 is 0. The van der Waals surface area contributed by atoms with Crippen LogP contribution in [0.15, 0.2) is 18.2 Å². The monoisotopic (exact) mass is 234 g/mol. The molecule has 0 spiro atoms. The molecular formula is C14H22N2O. The molecular weight excluding hydrogens is 212 g/mol. The molecule has 0 heterocycles. The molecule has 3 heteroatoms. The fourth-order valence-corrected chi connectivity index (χ4v) is 1.94. The lowest BCUT2D eigenvalue weighted by Crippen LogP contribution is -2.34. The van der Waals surface area contributed by atoms with Crippen LogP contribution in [0, 0.1) is 12.8 Å². The topological polar surface area (TPSA) is 46.3 Å². The number of hydrogen-bond donors (Lipinski definition) is 1. The van der Waals surface area contributed by atoms with Crippen LogP contribution >= 0.6 is 0 Å². The molecule has 1 aromatic rings. The average Bonchev–Trinajstić information content (AvgIpc) is 2.25. The van der Waals surface area contributed by atoms with Crippen molar-refractivity contribution < 1.29 is 4.79 Å². The molecule has 1 rings (SSSR count). The Morgan fingerprint density at radius 3 is 2.53 bits per heavy atom. The Morgan fingerprint density at radius 2 is 2.06 bits per heavy atom. The summed E-state index contributed by atoms with van der Waals surface area (Å²) in [6.45, 7) is 9.61. The molecule has 0 aliphatic heterocycles. The van der Waals surface area contributed by atoms with E-state index in [0.717, 1.165) is 12.1 Å². The van der Waals surface area contributed by atoms with Gasteiger partial charge in [-0.2, -0.15) is 0 Å². The summed E-state index contributed by atoms with van der Waals surface area (Å²) in [5.41, 5.74) is 8.05. The quantitative estimate of drug-likeness (QED) is 0.814.